The molecule has 3 rings (SSSR count). The minimum absolute atomic E-state index is 0.0260. The Labute approximate surface area is 144 Å². The number of anilines is 1. The van der Waals surface area contributed by atoms with E-state index in [9.17, 15) is 9.18 Å². The number of hydrogen-bond acceptors (Lipinski definition) is 6. The highest BCUT2D eigenvalue weighted by molar-refractivity contribution is 5.94. The van der Waals surface area contributed by atoms with E-state index in [1.165, 1.54) is 22.9 Å². The summed E-state index contributed by atoms with van der Waals surface area (Å²) >= 11 is 0. The van der Waals surface area contributed by atoms with E-state index in [-0.39, 0.29) is 11.8 Å². The SMILES string of the molecule is Cc1nnnn1-c1ccc(F)c(NC(=O)[C@H](C)OC[C@H]2CCCO2)c1. The summed E-state index contributed by atoms with van der Waals surface area (Å²) in [6, 6.07) is 4.26. The smallest absolute Gasteiger partial charge is 0.253 e. The second kappa shape index (κ2) is 7.66. The lowest BCUT2D eigenvalue weighted by atomic mass is 10.2. The van der Waals surface area contributed by atoms with Crippen LogP contribution in [0, 0.1) is 12.7 Å². The van der Waals surface area contributed by atoms with E-state index >= 15 is 0 Å². The number of amides is 1. The number of hydrogen-bond donors (Lipinski definition) is 1. The van der Waals surface area contributed by atoms with Crippen LogP contribution in [0.15, 0.2) is 18.2 Å². The fraction of sp³-hybridized carbons (Fsp3) is 0.500. The molecule has 9 heteroatoms. The molecule has 2 aromatic rings. The van der Waals surface area contributed by atoms with Crippen LogP contribution in [0.2, 0.25) is 0 Å². The molecule has 134 valence electrons. The van der Waals surface area contributed by atoms with Crippen LogP contribution >= 0.6 is 0 Å². The van der Waals surface area contributed by atoms with Crippen LogP contribution in [0.3, 0.4) is 0 Å². The molecule has 1 N–H and O–H groups in total. The van der Waals surface area contributed by atoms with Gasteiger partial charge in [-0.1, -0.05) is 0 Å². The number of benzene rings is 1. The van der Waals surface area contributed by atoms with Crippen molar-refractivity contribution < 1.29 is 18.7 Å². The molecule has 2 heterocycles. The van der Waals surface area contributed by atoms with E-state index in [4.69, 9.17) is 9.47 Å². The van der Waals surface area contributed by atoms with Crippen molar-refractivity contribution in [1.82, 2.24) is 20.2 Å². The lowest BCUT2D eigenvalue weighted by Gasteiger charge is -2.16. The molecular weight excluding hydrogens is 329 g/mol. The first kappa shape index (κ1) is 17.4. The molecule has 1 aliphatic rings. The maximum absolute atomic E-state index is 14.0. The van der Waals surface area contributed by atoms with E-state index in [2.05, 4.69) is 20.8 Å². The lowest BCUT2D eigenvalue weighted by molar-refractivity contribution is -0.128. The van der Waals surface area contributed by atoms with Crippen molar-refractivity contribution in [1.29, 1.82) is 0 Å². The molecule has 1 fully saturated rings. The number of carbonyl (C=O) groups is 1. The van der Waals surface area contributed by atoms with E-state index in [0.29, 0.717) is 18.1 Å². The first-order chi connectivity index (χ1) is 12.0. The number of ether oxygens (including phenoxy) is 2. The third-order valence-electron chi connectivity index (χ3n) is 4.00. The van der Waals surface area contributed by atoms with Crippen molar-refractivity contribution in [3.05, 3.63) is 29.8 Å². The van der Waals surface area contributed by atoms with Gasteiger partial charge in [0.15, 0.2) is 5.82 Å². The van der Waals surface area contributed by atoms with E-state index in [1.54, 1.807) is 13.8 Å². The highest BCUT2D eigenvalue weighted by atomic mass is 19.1. The number of aryl methyl sites for hydroxylation is 1. The van der Waals surface area contributed by atoms with Gasteiger partial charge in [-0.3, -0.25) is 4.79 Å². The molecule has 1 aromatic heterocycles. The minimum atomic E-state index is -0.720. The molecule has 2 atom stereocenters. The van der Waals surface area contributed by atoms with Crippen LogP contribution < -0.4 is 5.32 Å². The average molecular weight is 349 g/mol. The molecule has 1 amide bonds. The van der Waals surface area contributed by atoms with Crippen LogP contribution in [0.1, 0.15) is 25.6 Å². The molecule has 0 aliphatic carbocycles. The van der Waals surface area contributed by atoms with Gasteiger partial charge in [-0.15, -0.1) is 5.10 Å². The third-order valence-corrected chi connectivity index (χ3v) is 4.00. The predicted molar refractivity (Wildman–Crippen MR) is 86.9 cm³/mol. The van der Waals surface area contributed by atoms with Crippen LogP contribution in [0.5, 0.6) is 0 Å². The Morgan fingerprint density at radius 1 is 1.56 bits per heavy atom. The van der Waals surface area contributed by atoms with Crippen molar-refractivity contribution in [2.75, 3.05) is 18.5 Å². The predicted octanol–water partition coefficient (Wildman–Crippen LogP) is 1.63. The number of nitrogens with one attached hydrogen (secondary N) is 1. The maximum Gasteiger partial charge on any atom is 0.253 e. The zero-order chi connectivity index (χ0) is 17.8. The molecule has 0 saturated carbocycles. The number of nitrogens with zero attached hydrogens (tertiary/aromatic N) is 4. The van der Waals surface area contributed by atoms with Crippen molar-refractivity contribution in [3.8, 4) is 5.69 Å². The van der Waals surface area contributed by atoms with Crippen molar-refractivity contribution in [2.24, 2.45) is 0 Å². The van der Waals surface area contributed by atoms with E-state index < -0.39 is 17.8 Å². The molecule has 0 unspecified atom stereocenters. The molecule has 1 aliphatic heterocycles. The highest BCUT2D eigenvalue weighted by Gasteiger charge is 2.21. The Bertz CT molecular complexity index is 745. The summed E-state index contributed by atoms with van der Waals surface area (Å²) in [5.74, 6) is -0.422. The number of tetrazole rings is 1. The van der Waals surface area contributed by atoms with Gasteiger partial charge in [-0.05, 0) is 55.3 Å². The quantitative estimate of drug-likeness (QED) is 0.852. The molecule has 0 radical (unpaired) electrons. The summed E-state index contributed by atoms with van der Waals surface area (Å²) in [6.45, 7) is 4.42. The zero-order valence-corrected chi connectivity index (χ0v) is 14.1. The van der Waals surface area contributed by atoms with Gasteiger partial charge in [0.2, 0.25) is 0 Å². The second-order valence-electron chi connectivity index (χ2n) is 5.90. The number of carbonyl (C=O) groups excluding carboxylic acids is 1. The van der Waals surface area contributed by atoms with Crippen molar-refractivity contribution in [2.45, 2.75) is 38.9 Å². The summed E-state index contributed by atoms with van der Waals surface area (Å²) in [4.78, 5) is 12.2. The molecule has 8 nitrogen and oxygen atoms in total. The van der Waals surface area contributed by atoms with Gasteiger partial charge < -0.3 is 14.8 Å². The maximum atomic E-state index is 14.0. The first-order valence-corrected chi connectivity index (χ1v) is 8.13. The molecule has 0 spiro atoms. The fourth-order valence-corrected chi connectivity index (χ4v) is 2.55. The van der Waals surface area contributed by atoms with Gasteiger partial charge in [-0.25, -0.2) is 4.39 Å². The van der Waals surface area contributed by atoms with Gasteiger partial charge in [0.05, 0.1) is 24.1 Å². The van der Waals surface area contributed by atoms with Crippen LogP contribution in [0.25, 0.3) is 5.69 Å². The molecule has 1 saturated heterocycles. The first-order valence-electron chi connectivity index (χ1n) is 8.13. The molecule has 1 aromatic carbocycles. The van der Waals surface area contributed by atoms with Crippen LogP contribution in [-0.4, -0.2) is 51.5 Å². The highest BCUT2D eigenvalue weighted by Crippen LogP contribution is 2.20. The Morgan fingerprint density at radius 3 is 3.08 bits per heavy atom. The van der Waals surface area contributed by atoms with Gasteiger partial charge >= 0.3 is 0 Å². The van der Waals surface area contributed by atoms with Crippen molar-refractivity contribution in [3.63, 3.8) is 0 Å². The minimum Gasteiger partial charge on any atom is -0.376 e. The monoisotopic (exact) mass is 349 g/mol. The third kappa shape index (κ3) is 4.18. The summed E-state index contributed by atoms with van der Waals surface area (Å²) in [7, 11) is 0. The van der Waals surface area contributed by atoms with E-state index in [1.807, 2.05) is 0 Å². The lowest BCUT2D eigenvalue weighted by Crippen LogP contribution is -2.30. The molecular formula is C16H20FN5O3. The normalized spacial score (nSPS) is 18.3. The number of halogens is 1. The van der Waals surface area contributed by atoms with Gasteiger partial charge in [0.1, 0.15) is 11.9 Å². The Balaban J connectivity index is 1.64. The van der Waals surface area contributed by atoms with Gasteiger partial charge in [-0.2, -0.15) is 4.68 Å². The molecule has 25 heavy (non-hydrogen) atoms. The summed E-state index contributed by atoms with van der Waals surface area (Å²) < 4.78 is 26.5. The number of rotatable bonds is 6. The van der Waals surface area contributed by atoms with E-state index in [0.717, 1.165) is 19.4 Å². The molecule has 0 bridgehead atoms. The van der Waals surface area contributed by atoms with Crippen LogP contribution in [-0.2, 0) is 14.3 Å². The summed E-state index contributed by atoms with van der Waals surface area (Å²) in [5.41, 5.74) is 0.595. The largest absolute Gasteiger partial charge is 0.376 e. The fourth-order valence-electron chi connectivity index (χ4n) is 2.55. The van der Waals surface area contributed by atoms with Crippen LogP contribution in [0.4, 0.5) is 10.1 Å². The van der Waals surface area contributed by atoms with Gasteiger partial charge in [0, 0.05) is 6.61 Å². The Kier molecular flexibility index (Phi) is 5.34. The van der Waals surface area contributed by atoms with Gasteiger partial charge in [0.25, 0.3) is 5.91 Å². The number of aromatic nitrogens is 4. The topological polar surface area (TPSA) is 91.2 Å². The van der Waals surface area contributed by atoms with Crippen molar-refractivity contribution >= 4 is 11.6 Å². The summed E-state index contributed by atoms with van der Waals surface area (Å²) in [5, 5.41) is 13.7. The standard InChI is InChI=1S/C16H20FN5O3/c1-10(25-9-13-4-3-7-24-13)16(23)18-15-8-12(5-6-14(15)17)22-11(2)19-20-21-22/h5-6,8,10,13H,3-4,7,9H2,1-2H3,(H,18,23)/t10-,13+/m0/s1. The zero-order valence-electron chi connectivity index (χ0n) is 14.1. The Hall–Kier alpha value is -2.39. The Morgan fingerprint density at radius 2 is 2.40 bits per heavy atom. The summed E-state index contributed by atoms with van der Waals surface area (Å²) in [6.07, 6.45) is 1.24. The second-order valence-corrected chi connectivity index (χ2v) is 5.90. The average Bonchev–Trinajstić information content (AvgIpc) is 3.26.